The van der Waals surface area contributed by atoms with Crippen LogP contribution in [-0.4, -0.2) is 24.0 Å². The van der Waals surface area contributed by atoms with Gasteiger partial charge in [0, 0.05) is 12.7 Å². The van der Waals surface area contributed by atoms with E-state index in [-0.39, 0.29) is 5.91 Å². The lowest BCUT2D eigenvalue weighted by atomic mass is 9.82. The first kappa shape index (κ1) is 14.3. The summed E-state index contributed by atoms with van der Waals surface area (Å²) < 4.78 is 0. The lowest BCUT2D eigenvalue weighted by Gasteiger charge is -2.28. The normalized spacial score (nSPS) is 21.5. The molecule has 1 aromatic carbocycles. The van der Waals surface area contributed by atoms with Crippen molar-refractivity contribution in [3.63, 3.8) is 0 Å². The summed E-state index contributed by atoms with van der Waals surface area (Å²) in [6, 6.07) is 7.64. The van der Waals surface area contributed by atoms with Gasteiger partial charge in [-0.15, -0.1) is 0 Å². The molecule has 0 saturated carbocycles. The van der Waals surface area contributed by atoms with Gasteiger partial charge in [0.2, 0.25) is 5.91 Å². The Labute approximate surface area is 118 Å². The van der Waals surface area contributed by atoms with Crippen LogP contribution in [0.2, 0.25) is 0 Å². The average molecular weight is 273 g/mol. The van der Waals surface area contributed by atoms with Crippen LogP contribution in [0.25, 0.3) is 0 Å². The number of anilines is 1. The number of hydrogen-bond acceptors (Lipinski definition) is 2. The maximum atomic E-state index is 12.6. The van der Waals surface area contributed by atoms with Gasteiger partial charge in [-0.1, -0.05) is 24.3 Å². The van der Waals surface area contributed by atoms with Crippen molar-refractivity contribution >= 4 is 17.6 Å². The van der Waals surface area contributed by atoms with Crippen LogP contribution in [0, 0.1) is 18.8 Å². The molecule has 2 rings (SSSR count). The van der Waals surface area contributed by atoms with Gasteiger partial charge in [0.1, 0.15) is 0 Å². The van der Waals surface area contributed by atoms with E-state index in [1.54, 1.807) is 11.9 Å². The molecule has 106 valence electrons. The van der Waals surface area contributed by atoms with E-state index in [0.717, 1.165) is 11.3 Å². The molecule has 20 heavy (non-hydrogen) atoms. The number of carbonyl (C=O) groups excluding carboxylic acids is 1. The SMILES string of the molecule is Cc1cccc(N(C)C(=O)[C@@H]2CC=CC[C@@H]2C(=O)O)c1. The second kappa shape index (κ2) is 5.90. The molecule has 0 spiro atoms. The first-order valence-electron chi connectivity index (χ1n) is 6.72. The molecule has 0 unspecified atom stereocenters. The predicted octanol–water partition coefficient (Wildman–Crippen LogP) is 2.62. The minimum atomic E-state index is -0.898. The molecule has 0 saturated heterocycles. The summed E-state index contributed by atoms with van der Waals surface area (Å²) >= 11 is 0. The lowest BCUT2D eigenvalue weighted by Crippen LogP contribution is -2.40. The third kappa shape index (κ3) is 2.90. The van der Waals surface area contributed by atoms with Crippen molar-refractivity contribution < 1.29 is 14.7 Å². The van der Waals surface area contributed by atoms with Crippen molar-refractivity contribution in [2.75, 3.05) is 11.9 Å². The molecular weight excluding hydrogens is 254 g/mol. The highest BCUT2D eigenvalue weighted by atomic mass is 16.4. The highest BCUT2D eigenvalue weighted by Gasteiger charge is 2.35. The summed E-state index contributed by atoms with van der Waals surface area (Å²) in [5.41, 5.74) is 1.87. The van der Waals surface area contributed by atoms with Crippen molar-refractivity contribution in [3.8, 4) is 0 Å². The van der Waals surface area contributed by atoms with Crippen LogP contribution in [0.5, 0.6) is 0 Å². The Balaban J connectivity index is 2.21. The van der Waals surface area contributed by atoms with E-state index in [0.29, 0.717) is 12.8 Å². The van der Waals surface area contributed by atoms with Gasteiger partial charge in [-0.05, 0) is 37.5 Å². The van der Waals surface area contributed by atoms with Gasteiger partial charge in [-0.3, -0.25) is 9.59 Å². The highest BCUT2D eigenvalue weighted by Crippen LogP contribution is 2.29. The molecule has 4 heteroatoms. The molecule has 1 aliphatic rings. The van der Waals surface area contributed by atoms with Gasteiger partial charge in [0.05, 0.1) is 11.8 Å². The molecule has 0 bridgehead atoms. The first-order valence-corrected chi connectivity index (χ1v) is 6.72. The van der Waals surface area contributed by atoms with Gasteiger partial charge in [-0.25, -0.2) is 0 Å². The zero-order valence-electron chi connectivity index (χ0n) is 11.7. The topological polar surface area (TPSA) is 57.6 Å². The van der Waals surface area contributed by atoms with Gasteiger partial charge in [-0.2, -0.15) is 0 Å². The van der Waals surface area contributed by atoms with Gasteiger partial charge in [0.25, 0.3) is 0 Å². The van der Waals surface area contributed by atoms with Crippen LogP contribution >= 0.6 is 0 Å². The second-order valence-electron chi connectivity index (χ2n) is 5.23. The smallest absolute Gasteiger partial charge is 0.307 e. The molecule has 1 N–H and O–H groups in total. The van der Waals surface area contributed by atoms with Crippen molar-refractivity contribution in [2.45, 2.75) is 19.8 Å². The molecular formula is C16H19NO3. The summed E-state index contributed by atoms with van der Waals surface area (Å²) in [6.45, 7) is 1.96. The van der Waals surface area contributed by atoms with E-state index in [9.17, 15) is 14.7 Å². The number of aliphatic carboxylic acids is 1. The number of aryl methyl sites for hydroxylation is 1. The Hall–Kier alpha value is -2.10. The summed E-state index contributed by atoms with van der Waals surface area (Å²) in [6.07, 6.45) is 4.65. The minimum Gasteiger partial charge on any atom is -0.481 e. The maximum Gasteiger partial charge on any atom is 0.307 e. The third-order valence-electron chi connectivity index (χ3n) is 3.79. The Morgan fingerprint density at radius 3 is 2.45 bits per heavy atom. The number of carboxylic acid groups (broad SMARTS) is 1. The fourth-order valence-electron chi connectivity index (χ4n) is 2.57. The van der Waals surface area contributed by atoms with E-state index in [2.05, 4.69) is 0 Å². The average Bonchev–Trinajstić information content (AvgIpc) is 2.45. The predicted molar refractivity (Wildman–Crippen MR) is 77.6 cm³/mol. The van der Waals surface area contributed by atoms with Crippen LogP contribution in [0.3, 0.4) is 0 Å². The van der Waals surface area contributed by atoms with Crippen molar-refractivity contribution in [2.24, 2.45) is 11.8 Å². The number of hydrogen-bond donors (Lipinski definition) is 1. The molecule has 1 aliphatic carbocycles. The maximum absolute atomic E-state index is 12.6. The summed E-state index contributed by atoms with van der Waals surface area (Å²) in [5, 5.41) is 9.25. The van der Waals surface area contributed by atoms with Gasteiger partial charge in [0.15, 0.2) is 0 Å². The molecule has 0 radical (unpaired) electrons. The summed E-state index contributed by atoms with van der Waals surface area (Å²) in [7, 11) is 1.70. The van der Waals surface area contributed by atoms with Gasteiger partial charge < -0.3 is 10.0 Å². The van der Waals surface area contributed by atoms with E-state index in [1.165, 1.54) is 0 Å². The van der Waals surface area contributed by atoms with Crippen LogP contribution in [0.15, 0.2) is 36.4 Å². The standard InChI is InChI=1S/C16H19NO3/c1-11-6-5-7-12(10-11)17(2)15(18)13-8-3-4-9-14(13)16(19)20/h3-7,10,13-14H,8-9H2,1-2H3,(H,19,20)/t13-,14+/m1/s1. The first-order chi connectivity index (χ1) is 9.50. The highest BCUT2D eigenvalue weighted by molar-refractivity contribution is 5.97. The molecule has 2 atom stereocenters. The number of allylic oxidation sites excluding steroid dienone is 2. The molecule has 0 aliphatic heterocycles. The minimum absolute atomic E-state index is 0.132. The van der Waals surface area contributed by atoms with Crippen LogP contribution in [0.1, 0.15) is 18.4 Å². The Kier molecular flexibility index (Phi) is 4.23. The van der Waals surface area contributed by atoms with Crippen LogP contribution in [0.4, 0.5) is 5.69 Å². The third-order valence-corrected chi connectivity index (χ3v) is 3.79. The number of rotatable bonds is 3. The van der Waals surface area contributed by atoms with Crippen LogP contribution in [-0.2, 0) is 9.59 Å². The monoisotopic (exact) mass is 273 g/mol. The quantitative estimate of drug-likeness (QED) is 0.861. The number of carbonyl (C=O) groups is 2. The Bertz CT molecular complexity index is 550. The molecule has 0 heterocycles. The number of amides is 1. The molecule has 0 fully saturated rings. The number of benzene rings is 1. The van der Waals surface area contributed by atoms with E-state index >= 15 is 0 Å². The second-order valence-corrected chi connectivity index (χ2v) is 5.23. The Morgan fingerprint density at radius 2 is 1.85 bits per heavy atom. The molecule has 1 aromatic rings. The van der Waals surface area contributed by atoms with Gasteiger partial charge >= 0.3 is 5.97 Å². The van der Waals surface area contributed by atoms with Crippen molar-refractivity contribution in [1.29, 1.82) is 0 Å². The number of nitrogens with zero attached hydrogens (tertiary/aromatic N) is 1. The summed E-state index contributed by atoms with van der Waals surface area (Å²) in [4.78, 5) is 25.4. The van der Waals surface area contributed by atoms with Crippen LogP contribution < -0.4 is 4.90 Å². The number of carboxylic acids is 1. The fourth-order valence-corrected chi connectivity index (χ4v) is 2.57. The fraction of sp³-hybridized carbons (Fsp3) is 0.375. The van der Waals surface area contributed by atoms with E-state index < -0.39 is 17.8 Å². The molecule has 4 nitrogen and oxygen atoms in total. The molecule has 1 amide bonds. The zero-order valence-corrected chi connectivity index (χ0v) is 11.7. The van der Waals surface area contributed by atoms with Crippen molar-refractivity contribution in [1.82, 2.24) is 0 Å². The zero-order chi connectivity index (χ0) is 14.7. The Morgan fingerprint density at radius 1 is 1.20 bits per heavy atom. The summed E-state index contributed by atoms with van der Waals surface area (Å²) in [5.74, 6) is -2.14. The lowest BCUT2D eigenvalue weighted by molar-refractivity contribution is -0.146. The van der Waals surface area contributed by atoms with E-state index in [1.807, 2.05) is 43.3 Å². The van der Waals surface area contributed by atoms with Crippen molar-refractivity contribution in [3.05, 3.63) is 42.0 Å². The van der Waals surface area contributed by atoms with E-state index in [4.69, 9.17) is 0 Å². The molecule has 0 aromatic heterocycles. The largest absolute Gasteiger partial charge is 0.481 e.